The van der Waals surface area contributed by atoms with E-state index in [0.29, 0.717) is 12.8 Å². The van der Waals surface area contributed by atoms with Crippen LogP contribution in [0.15, 0.2) is 4.99 Å². The van der Waals surface area contributed by atoms with Crippen LogP contribution in [-0.4, -0.2) is 17.8 Å². The zero-order valence-electron chi connectivity index (χ0n) is 8.58. The second-order valence-corrected chi connectivity index (χ2v) is 4.25. The number of amides is 2. The van der Waals surface area contributed by atoms with E-state index in [0.717, 1.165) is 25.7 Å². The summed E-state index contributed by atoms with van der Waals surface area (Å²) in [7, 11) is 0. The quantitative estimate of drug-likeness (QED) is 0.563. The van der Waals surface area contributed by atoms with Gasteiger partial charge in [0.05, 0.1) is 0 Å². The first-order valence-corrected chi connectivity index (χ1v) is 5.35. The van der Waals surface area contributed by atoms with Crippen LogP contribution < -0.4 is 11.1 Å². The van der Waals surface area contributed by atoms with Crippen molar-refractivity contribution in [3.8, 4) is 0 Å². The number of hydrogen-bond acceptors (Lipinski definition) is 3. The number of carbonyl (C=O) groups excluding carboxylic acids is 2. The average Bonchev–Trinajstić information content (AvgIpc) is 2.41. The Kier molecular flexibility index (Phi) is 2.46. The summed E-state index contributed by atoms with van der Waals surface area (Å²) in [5, 5.41) is 2.47. The van der Waals surface area contributed by atoms with Gasteiger partial charge in [-0.2, -0.15) is 4.99 Å². The molecule has 3 N–H and O–H groups in total. The van der Waals surface area contributed by atoms with Crippen molar-refractivity contribution in [2.75, 3.05) is 0 Å². The molecule has 0 aromatic heterocycles. The third-order valence-corrected chi connectivity index (χ3v) is 3.26. The van der Waals surface area contributed by atoms with Gasteiger partial charge in [-0.25, -0.2) is 0 Å². The first-order valence-electron chi connectivity index (χ1n) is 5.35. The molecule has 2 rings (SSSR count). The first kappa shape index (κ1) is 10.1. The third kappa shape index (κ3) is 1.62. The van der Waals surface area contributed by atoms with Gasteiger partial charge in [0.15, 0.2) is 0 Å². The van der Waals surface area contributed by atoms with Crippen molar-refractivity contribution in [2.24, 2.45) is 16.1 Å². The molecular weight excluding hydrogens is 194 g/mol. The minimum atomic E-state index is -0.917. The summed E-state index contributed by atoms with van der Waals surface area (Å²) in [5.41, 5.74) is 4.42. The molecule has 0 bridgehead atoms. The summed E-state index contributed by atoms with van der Waals surface area (Å²) >= 11 is 0. The molecule has 2 amide bonds. The van der Waals surface area contributed by atoms with E-state index < -0.39 is 5.41 Å². The largest absolute Gasteiger partial charge is 0.369 e. The lowest BCUT2D eigenvalue weighted by Crippen LogP contribution is -2.54. The number of nitrogens with two attached hydrogens (primary N) is 1. The maximum atomic E-state index is 11.9. The van der Waals surface area contributed by atoms with Gasteiger partial charge in [-0.05, 0) is 12.8 Å². The van der Waals surface area contributed by atoms with Gasteiger partial charge >= 0.3 is 0 Å². The fourth-order valence-electron chi connectivity index (χ4n) is 2.35. The summed E-state index contributed by atoms with van der Waals surface area (Å²) < 4.78 is 0. The minimum Gasteiger partial charge on any atom is -0.369 e. The van der Waals surface area contributed by atoms with Gasteiger partial charge in [0, 0.05) is 0 Å². The molecule has 82 valence electrons. The van der Waals surface area contributed by atoms with Crippen molar-refractivity contribution in [2.45, 2.75) is 38.5 Å². The van der Waals surface area contributed by atoms with Crippen LogP contribution in [0.25, 0.3) is 0 Å². The van der Waals surface area contributed by atoms with Crippen molar-refractivity contribution >= 4 is 17.8 Å². The monoisotopic (exact) mass is 209 g/mol. The molecule has 0 atom stereocenters. The highest BCUT2D eigenvalue weighted by atomic mass is 16.2. The molecule has 1 heterocycles. The molecule has 0 aromatic rings. The Labute approximate surface area is 88.1 Å². The molecule has 0 radical (unpaired) electrons. The molecule has 15 heavy (non-hydrogen) atoms. The van der Waals surface area contributed by atoms with Gasteiger partial charge in [-0.15, -0.1) is 0 Å². The first-order chi connectivity index (χ1) is 7.15. The van der Waals surface area contributed by atoms with E-state index in [9.17, 15) is 9.59 Å². The van der Waals surface area contributed by atoms with Crippen LogP contribution >= 0.6 is 0 Å². The minimum absolute atomic E-state index is 0.0696. The normalized spacial score (nSPS) is 25.7. The summed E-state index contributed by atoms with van der Waals surface area (Å²) in [6, 6.07) is 0. The van der Waals surface area contributed by atoms with Crippen LogP contribution in [0.1, 0.15) is 38.5 Å². The molecular formula is C10H15N3O2. The van der Waals surface area contributed by atoms with Crippen LogP contribution in [0, 0.1) is 5.41 Å². The zero-order valence-corrected chi connectivity index (χ0v) is 8.58. The van der Waals surface area contributed by atoms with Gasteiger partial charge in [0.25, 0.3) is 5.91 Å². The number of nitrogens with one attached hydrogen (secondary N) is 1. The van der Waals surface area contributed by atoms with E-state index in [-0.39, 0.29) is 17.8 Å². The second kappa shape index (κ2) is 3.64. The van der Waals surface area contributed by atoms with Gasteiger partial charge in [-0.3, -0.25) is 14.9 Å². The van der Waals surface area contributed by atoms with E-state index in [2.05, 4.69) is 10.3 Å². The SMILES string of the molecule is NC1=NC(=O)C2(CCCCCC2)C(=O)N1. The summed E-state index contributed by atoms with van der Waals surface area (Å²) in [4.78, 5) is 27.3. The predicted molar refractivity (Wildman–Crippen MR) is 54.9 cm³/mol. The van der Waals surface area contributed by atoms with Crippen molar-refractivity contribution in [3.05, 3.63) is 0 Å². The number of nitrogens with zero attached hydrogens (tertiary/aromatic N) is 1. The maximum absolute atomic E-state index is 11.9. The van der Waals surface area contributed by atoms with E-state index in [1.165, 1.54) is 0 Å². The Hall–Kier alpha value is -1.39. The molecule has 1 spiro atoms. The fourth-order valence-corrected chi connectivity index (χ4v) is 2.35. The predicted octanol–water partition coefficient (Wildman–Crippen LogP) is 0.298. The Morgan fingerprint density at radius 2 is 1.73 bits per heavy atom. The van der Waals surface area contributed by atoms with Crippen LogP contribution in [0.5, 0.6) is 0 Å². The highest BCUT2D eigenvalue weighted by Crippen LogP contribution is 2.37. The van der Waals surface area contributed by atoms with E-state index in [4.69, 9.17) is 5.73 Å². The van der Waals surface area contributed by atoms with Crippen LogP contribution in [0.2, 0.25) is 0 Å². The van der Waals surface area contributed by atoms with Gasteiger partial charge in [0.2, 0.25) is 11.9 Å². The number of guanidine groups is 1. The molecule has 1 aliphatic carbocycles. The molecule has 5 heteroatoms. The number of aliphatic imine (C=N–C) groups is 1. The zero-order chi connectivity index (χ0) is 10.9. The Morgan fingerprint density at radius 3 is 2.27 bits per heavy atom. The van der Waals surface area contributed by atoms with E-state index in [1.54, 1.807) is 0 Å². The van der Waals surface area contributed by atoms with Gasteiger partial charge in [0.1, 0.15) is 5.41 Å². The van der Waals surface area contributed by atoms with Crippen molar-refractivity contribution < 1.29 is 9.59 Å². The number of hydrogen-bond donors (Lipinski definition) is 2. The van der Waals surface area contributed by atoms with Crippen LogP contribution in [0.4, 0.5) is 0 Å². The molecule has 0 aromatic carbocycles. The Balaban J connectivity index is 2.32. The molecule has 1 saturated carbocycles. The molecule has 0 unspecified atom stereocenters. The maximum Gasteiger partial charge on any atom is 0.264 e. The standard InChI is InChI=1S/C10H15N3O2/c11-9-12-7(14)10(8(15)13-9)5-3-1-2-4-6-10/h1-6H2,(H3,11,12,13,14,15). The lowest BCUT2D eigenvalue weighted by molar-refractivity contribution is -0.142. The number of rotatable bonds is 0. The lowest BCUT2D eigenvalue weighted by atomic mass is 9.78. The van der Waals surface area contributed by atoms with Gasteiger partial charge < -0.3 is 5.73 Å². The van der Waals surface area contributed by atoms with Crippen LogP contribution in [-0.2, 0) is 9.59 Å². The molecule has 1 fully saturated rings. The summed E-state index contributed by atoms with van der Waals surface area (Å²) in [5.74, 6) is -0.688. The molecule has 5 nitrogen and oxygen atoms in total. The highest BCUT2D eigenvalue weighted by molar-refractivity contribution is 6.17. The van der Waals surface area contributed by atoms with Crippen molar-refractivity contribution in [1.82, 2.24) is 5.32 Å². The molecule has 2 aliphatic rings. The highest BCUT2D eigenvalue weighted by Gasteiger charge is 2.48. The van der Waals surface area contributed by atoms with E-state index in [1.807, 2.05) is 0 Å². The Morgan fingerprint density at radius 1 is 1.13 bits per heavy atom. The smallest absolute Gasteiger partial charge is 0.264 e. The van der Waals surface area contributed by atoms with E-state index >= 15 is 0 Å². The summed E-state index contributed by atoms with van der Waals surface area (Å²) in [6.07, 6.45) is 5.20. The summed E-state index contributed by atoms with van der Waals surface area (Å²) in [6.45, 7) is 0. The van der Waals surface area contributed by atoms with Crippen molar-refractivity contribution in [1.29, 1.82) is 0 Å². The van der Waals surface area contributed by atoms with Crippen molar-refractivity contribution in [3.63, 3.8) is 0 Å². The van der Waals surface area contributed by atoms with Gasteiger partial charge in [-0.1, -0.05) is 25.7 Å². The number of carbonyl (C=O) groups is 2. The molecule has 1 aliphatic heterocycles. The fraction of sp³-hybridized carbons (Fsp3) is 0.700. The third-order valence-electron chi connectivity index (χ3n) is 3.26. The lowest BCUT2D eigenvalue weighted by Gasteiger charge is -2.30. The molecule has 0 saturated heterocycles. The Bertz CT molecular complexity index is 328. The second-order valence-electron chi connectivity index (χ2n) is 4.25. The van der Waals surface area contributed by atoms with Crippen LogP contribution in [0.3, 0.4) is 0 Å². The topological polar surface area (TPSA) is 84.5 Å². The average molecular weight is 209 g/mol.